The molecule has 1 aromatic heterocycles. The molecule has 0 aromatic carbocycles. The summed E-state index contributed by atoms with van der Waals surface area (Å²) < 4.78 is 6.68. The Morgan fingerprint density at radius 3 is 2.50 bits per heavy atom. The molecule has 1 heterocycles. The molecule has 0 aliphatic carbocycles. The molecule has 3 nitrogen and oxygen atoms in total. The van der Waals surface area contributed by atoms with Crippen LogP contribution in [0.5, 0.6) is 0 Å². The maximum Gasteiger partial charge on any atom is 0.313 e. The van der Waals surface area contributed by atoms with Crippen molar-refractivity contribution in [3.05, 3.63) is 19.2 Å². The molecule has 0 amide bonds. The van der Waals surface area contributed by atoms with Gasteiger partial charge in [-0.2, -0.15) is 0 Å². The van der Waals surface area contributed by atoms with Crippen molar-refractivity contribution >= 4 is 49.2 Å². The van der Waals surface area contributed by atoms with Crippen LogP contribution in [0.2, 0.25) is 0 Å². The first-order valence-electron chi connectivity index (χ1n) is 4.59. The first kappa shape index (κ1) is 14.2. The highest BCUT2D eigenvalue weighted by molar-refractivity contribution is 9.13. The molecule has 0 saturated carbocycles. The van der Waals surface area contributed by atoms with Gasteiger partial charge in [-0.05, 0) is 51.8 Å². The lowest BCUT2D eigenvalue weighted by Gasteiger charge is -2.27. The van der Waals surface area contributed by atoms with Crippen molar-refractivity contribution in [1.82, 2.24) is 0 Å². The number of thiophene rings is 1. The third kappa shape index (κ3) is 2.67. The lowest BCUT2D eigenvalue weighted by atomic mass is 9.84. The molecule has 2 N–H and O–H groups in total. The summed E-state index contributed by atoms with van der Waals surface area (Å²) in [5.74, 6) is -0.305. The standard InChI is InChI=1S/C10H13Br2NO2S/c1-10(2,9(14)15-3)7(13)6-4-5(11)8(12)16-6/h4,7H,13H2,1-3H3/t7-/m1/s1. The lowest BCUT2D eigenvalue weighted by molar-refractivity contribution is -0.152. The molecule has 16 heavy (non-hydrogen) atoms. The van der Waals surface area contributed by atoms with Gasteiger partial charge in [0.25, 0.3) is 0 Å². The fraction of sp³-hybridized carbons (Fsp3) is 0.500. The summed E-state index contributed by atoms with van der Waals surface area (Å²) in [6.07, 6.45) is 0. The van der Waals surface area contributed by atoms with Crippen molar-refractivity contribution in [2.24, 2.45) is 11.1 Å². The van der Waals surface area contributed by atoms with Crippen LogP contribution in [0.25, 0.3) is 0 Å². The van der Waals surface area contributed by atoms with Gasteiger partial charge in [0.1, 0.15) is 0 Å². The van der Waals surface area contributed by atoms with Crippen molar-refractivity contribution < 1.29 is 9.53 Å². The molecule has 0 aliphatic heterocycles. The van der Waals surface area contributed by atoms with Gasteiger partial charge in [0.15, 0.2) is 0 Å². The Kier molecular flexibility index (Phi) is 4.57. The second-order valence-electron chi connectivity index (χ2n) is 3.96. The summed E-state index contributed by atoms with van der Waals surface area (Å²) in [6, 6.07) is 1.54. The monoisotopic (exact) mass is 369 g/mol. The van der Waals surface area contributed by atoms with E-state index in [1.165, 1.54) is 18.4 Å². The normalized spacial score (nSPS) is 13.6. The summed E-state index contributed by atoms with van der Waals surface area (Å²) in [5, 5.41) is 0. The Morgan fingerprint density at radius 2 is 2.12 bits per heavy atom. The molecule has 1 atom stereocenters. The number of esters is 1. The average Bonchev–Trinajstić information content (AvgIpc) is 2.56. The predicted molar refractivity (Wildman–Crippen MR) is 72.4 cm³/mol. The average molecular weight is 371 g/mol. The van der Waals surface area contributed by atoms with E-state index in [9.17, 15) is 4.79 Å². The van der Waals surface area contributed by atoms with E-state index in [0.29, 0.717) is 0 Å². The third-order valence-corrected chi connectivity index (χ3v) is 5.80. The fourth-order valence-electron chi connectivity index (χ4n) is 1.26. The Bertz CT molecular complexity index is 384. The minimum absolute atomic E-state index is 0.305. The number of carbonyl (C=O) groups is 1. The summed E-state index contributed by atoms with van der Waals surface area (Å²) in [6.45, 7) is 3.57. The molecule has 0 spiro atoms. The zero-order valence-electron chi connectivity index (χ0n) is 9.21. The van der Waals surface area contributed by atoms with Crippen LogP contribution in [0.4, 0.5) is 0 Å². The van der Waals surface area contributed by atoms with Crippen LogP contribution in [0, 0.1) is 5.41 Å². The van der Waals surface area contributed by atoms with Gasteiger partial charge < -0.3 is 10.5 Å². The van der Waals surface area contributed by atoms with Crippen LogP contribution in [-0.2, 0) is 9.53 Å². The topological polar surface area (TPSA) is 52.3 Å². The summed E-state index contributed by atoms with van der Waals surface area (Å²) in [5.41, 5.74) is 5.36. The molecule has 0 aliphatic rings. The Morgan fingerprint density at radius 1 is 1.56 bits per heavy atom. The van der Waals surface area contributed by atoms with Gasteiger partial charge in [0.2, 0.25) is 0 Å². The quantitative estimate of drug-likeness (QED) is 0.828. The highest BCUT2D eigenvalue weighted by Crippen LogP contribution is 2.40. The molecule has 6 heteroatoms. The van der Waals surface area contributed by atoms with E-state index in [1.807, 2.05) is 6.07 Å². The maximum atomic E-state index is 11.6. The fourth-order valence-corrected chi connectivity index (χ4v) is 3.54. The van der Waals surface area contributed by atoms with E-state index >= 15 is 0 Å². The number of nitrogens with two attached hydrogens (primary N) is 1. The summed E-state index contributed by atoms with van der Waals surface area (Å²) in [4.78, 5) is 12.6. The van der Waals surface area contributed by atoms with Gasteiger partial charge in [-0.1, -0.05) is 0 Å². The maximum absolute atomic E-state index is 11.6. The first-order chi connectivity index (χ1) is 7.30. The van der Waals surface area contributed by atoms with Gasteiger partial charge in [0, 0.05) is 9.35 Å². The highest BCUT2D eigenvalue weighted by Gasteiger charge is 2.37. The first-order valence-corrected chi connectivity index (χ1v) is 6.99. The second-order valence-corrected chi connectivity index (χ2v) is 7.22. The van der Waals surface area contributed by atoms with Crippen molar-refractivity contribution in [3.8, 4) is 0 Å². The van der Waals surface area contributed by atoms with E-state index in [-0.39, 0.29) is 12.0 Å². The number of ether oxygens (including phenoxy) is 1. The van der Waals surface area contributed by atoms with Crippen molar-refractivity contribution in [1.29, 1.82) is 0 Å². The summed E-state index contributed by atoms with van der Waals surface area (Å²) in [7, 11) is 1.37. The van der Waals surface area contributed by atoms with E-state index in [0.717, 1.165) is 13.1 Å². The molecule has 90 valence electrons. The minimum atomic E-state index is -0.738. The Labute approximate surface area is 116 Å². The minimum Gasteiger partial charge on any atom is -0.469 e. The van der Waals surface area contributed by atoms with E-state index < -0.39 is 5.41 Å². The second kappa shape index (κ2) is 5.16. The predicted octanol–water partition coefficient (Wildman–Crippen LogP) is 3.47. The van der Waals surface area contributed by atoms with Gasteiger partial charge in [-0.15, -0.1) is 11.3 Å². The lowest BCUT2D eigenvalue weighted by Crippen LogP contribution is -2.36. The van der Waals surface area contributed by atoms with Crippen LogP contribution in [-0.4, -0.2) is 13.1 Å². The Hall–Kier alpha value is 0.0900. The number of halogens is 2. The van der Waals surface area contributed by atoms with E-state index in [1.54, 1.807) is 13.8 Å². The van der Waals surface area contributed by atoms with Gasteiger partial charge >= 0.3 is 5.97 Å². The number of carbonyl (C=O) groups excluding carboxylic acids is 1. The van der Waals surface area contributed by atoms with Crippen molar-refractivity contribution in [3.63, 3.8) is 0 Å². The molecule has 1 aromatic rings. The zero-order valence-corrected chi connectivity index (χ0v) is 13.2. The van der Waals surface area contributed by atoms with Gasteiger partial charge in [0.05, 0.1) is 22.4 Å². The number of hydrogen-bond acceptors (Lipinski definition) is 4. The molecule has 0 saturated heterocycles. The number of methoxy groups -OCH3 is 1. The van der Waals surface area contributed by atoms with Gasteiger partial charge in [-0.25, -0.2) is 0 Å². The molecular weight excluding hydrogens is 358 g/mol. The van der Waals surface area contributed by atoms with Gasteiger partial charge in [-0.3, -0.25) is 4.79 Å². The SMILES string of the molecule is COC(=O)C(C)(C)[C@H](N)c1cc(Br)c(Br)s1. The number of rotatable bonds is 3. The molecular formula is C10H13Br2NO2S. The van der Waals surface area contributed by atoms with E-state index in [2.05, 4.69) is 31.9 Å². The molecule has 1 rings (SSSR count). The Balaban J connectivity index is 3.01. The van der Waals surface area contributed by atoms with Crippen LogP contribution < -0.4 is 5.73 Å². The summed E-state index contributed by atoms with van der Waals surface area (Å²) >= 11 is 8.32. The zero-order chi connectivity index (χ0) is 12.5. The molecule has 0 fully saturated rings. The number of hydrogen-bond donors (Lipinski definition) is 1. The largest absolute Gasteiger partial charge is 0.469 e. The third-order valence-electron chi connectivity index (χ3n) is 2.46. The van der Waals surface area contributed by atoms with Crippen LogP contribution >= 0.6 is 43.2 Å². The smallest absolute Gasteiger partial charge is 0.313 e. The van der Waals surface area contributed by atoms with Crippen LogP contribution in [0.3, 0.4) is 0 Å². The molecule has 0 unspecified atom stereocenters. The van der Waals surface area contributed by atoms with Crippen LogP contribution in [0.15, 0.2) is 14.3 Å². The molecule has 0 bridgehead atoms. The van der Waals surface area contributed by atoms with Crippen molar-refractivity contribution in [2.75, 3.05) is 7.11 Å². The van der Waals surface area contributed by atoms with E-state index in [4.69, 9.17) is 10.5 Å². The van der Waals surface area contributed by atoms with Crippen LogP contribution in [0.1, 0.15) is 24.8 Å². The van der Waals surface area contributed by atoms with Crippen molar-refractivity contribution in [2.45, 2.75) is 19.9 Å². The highest BCUT2D eigenvalue weighted by atomic mass is 79.9. The molecule has 0 radical (unpaired) electrons.